The number of rotatable bonds is 3. The molecular formula is C16H24N4O2. The van der Waals surface area contributed by atoms with Crippen molar-refractivity contribution in [2.75, 3.05) is 6.54 Å². The van der Waals surface area contributed by atoms with Gasteiger partial charge in [-0.3, -0.25) is 4.79 Å². The SMILES string of the molecule is NC1(c2noc(C3CC(=O)N(C4CCCC4)C3)n2)CCCC1. The fourth-order valence-electron chi connectivity index (χ4n) is 4.30. The number of hydrogen-bond donors (Lipinski definition) is 1. The number of hydrogen-bond acceptors (Lipinski definition) is 5. The first kappa shape index (κ1) is 14.2. The summed E-state index contributed by atoms with van der Waals surface area (Å²) in [5.41, 5.74) is 5.96. The predicted octanol–water partition coefficient (Wildman–Crippen LogP) is 2.06. The van der Waals surface area contributed by atoms with Gasteiger partial charge in [-0.15, -0.1) is 0 Å². The summed E-state index contributed by atoms with van der Waals surface area (Å²) >= 11 is 0. The lowest BCUT2D eigenvalue weighted by atomic mass is 9.98. The van der Waals surface area contributed by atoms with Crippen molar-refractivity contribution in [3.05, 3.63) is 11.7 Å². The van der Waals surface area contributed by atoms with Gasteiger partial charge in [0, 0.05) is 19.0 Å². The summed E-state index contributed by atoms with van der Waals surface area (Å²) in [7, 11) is 0. The average Bonchev–Trinajstić information content (AvgIpc) is 3.25. The summed E-state index contributed by atoms with van der Waals surface area (Å²) in [6, 6.07) is 0.426. The van der Waals surface area contributed by atoms with Crippen LogP contribution in [-0.2, 0) is 10.3 Å². The molecule has 3 fully saturated rings. The largest absolute Gasteiger partial charge is 0.339 e. The van der Waals surface area contributed by atoms with Crippen LogP contribution in [0.1, 0.15) is 75.4 Å². The summed E-state index contributed by atoms with van der Waals surface area (Å²) in [4.78, 5) is 18.9. The van der Waals surface area contributed by atoms with Gasteiger partial charge < -0.3 is 15.2 Å². The molecule has 6 heteroatoms. The van der Waals surface area contributed by atoms with Gasteiger partial charge in [0.1, 0.15) is 0 Å². The van der Waals surface area contributed by atoms with Crippen molar-refractivity contribution in [1.29, 1.82) is 0 Å². The molecule has 0 aromatic carbocycles. The maximum Gasteiger partial charge on any atom is 0.232 e. The zero-order chi connectivity index (χ0) is 15.2. The van der Waals surface area contributed by atoms with Gasteiger partial charge in [0.15, 0.2) is 5.82 Å². The third-order valence-electron chi connectivity index (χ3n) is 5.66. The van der Waals surface area contributed by atoms with Crippen LogP contribution >= 0.6 is 0 Å². The first-order chi connectivity index (χ1) is 10.7. The molecule has 4 rings (SSSR count). The molecule has 1 unspecified atom stereocenters. The second-order valence-corrected chi connectivity index (χ2v) is 7.20. The maximum absolute atomic E-state index is 12.3. The van der Waals surface area contributed by atoms with Gasteiger partial charge in [0.2, 0.25) is 11.8 Å². The Morgan fingerprint density at radius 2 is 1.91 bits per heavy atom. The molecule has 2 saturated carbocycles. The first-order valence-corrected chi connectivity index (χ1v) is 8.58. The van der Waals surface area contributed by atoms with E-state index in [1.165, 1.54) is 12.8 Å². The highest BCUT2D eigenvalue weighted by molar-refractivity contribution is 5.79. The van der Waals surface area contributed by atoms with Gasteiger partial charge in [-0.05, 0) is 25.7 Å². The Morgan fingerprint density at radius 3 is 2.64 bits per heavy atom. The lowest BCUT2D eigenvalue weighted by Gasteiger charge is -2.23. The number of aromatic nitrogens is 2. The fraction of sp³-hybridized carbons (Fsp3) is 0.812. The first-order valence-electron chi connectivity index (χ1n) is 8.58. The second kappa shape index (κ2) is 5.33. The van der Waals surface area contributed by atoms with Crippen molar-refractivity contribution in [2.45, 2.75) is 75.3 Å². The van der Waals surface area contributed by atoms with E-state index in [-0.39, 0.29) is 11.8 Å². The minimum Gasteiger partial charge on any atom is -0.339 e. The Balaban J connectivity index is 1.49. The molecule has 6 nitrogen and oxygen atoms in total. The van der Waals surface area contributed by atoms with Crippen molar-refractivity contribution in [3.63, 3.8) is 0 Å². The van der Waals surface area contributed by atoms with Gasteiger partial charge in [-0.1, -0.05) is 30.8 Å². The number of nitrogens with two attached hydrogens (primary N) is 1. The Kier molecular flexibility index (Phi) is 3.44. The Bertz CT molecular complexity index is 558. The van der Waals surface area contributed by atoms with Gasteiger partial charge in [0.05, 0.1) is 11.5 Å². The number of carbonyl (C=O) groups excluding carboxylic acids is 1. The smallest absolute Gasteiger partial charge is 0.232 e. The fourth-order valence-corrected chi connectivity index (χ4v) is 4.30. The topological polar surface area (TPSA) is 85.2 Å². The molecule has 1 saturated heterocycles. The molecular weight excluding hydrogens is 280 g/mol. The van der Waals surface area contributed by atoms with E-state index in [0.717, 1.165) is 45.1 Å². The molecule has 2 heterocycles. The highest BCUT2D eigenvalue weighted by atomic mass is 16.5. The Labute approximate surface area is 130 Å². The molecule has 120 valence electrons. The van der Waals surface area contributed by atoms with E-state index in [9.17, 15) is 4.79 Å². The van der Waals surface area contributed by atoms with Crippen LogP contribution in [0.15, 0.2) is 4.52 Å². The van der Waals surface area contributed by atoms with Crippen molar-refractivity contribution >= 4 is 5.91 Å². The van der Waals surface area contributed by atoms with Crippen LogP contribution in [0.2, 0.25) is 0 Å². The van der Waals surface area contributed by atoms with Crippen molar-refractivity contribution in [3.8, 4) is 0 Å². The summed E-state index contributed by atoms with van der Waals surface area (Å²) < 4.78 is 5.47. The molecule has 2 N–H and O–H groups in total. The van der Waals surface area contributed by atoms with E-state index in [2.05, 4.69) is 10.1 Å². The van der Waals surface area contributed by atoms with E-state index in [4.69, 9.17) is 10.3 Å². The lowest BCUT2D eigenvalue weighted by Crippen LogP contribution is -2.34. The minimum atomic E-state index is -0.421. The van der Waals surface area contributed by atoms with E-state index >= 15 is 0 Å². The standard InChI is InChI=1S/C16H24N4O2/c17-16(7-3-4-8-16)15-18-14(22-19-15)11-9-13(21)20(10-11)12-5-1-2-6-12/h11-12H,1-10,17H2. The lowest BCUT2D eigenvalue weighted by molar-refractivity contribution is -0.129. The Morgan fingerprint density at radius 1 is 1.18 bits per heavy atom. The van der Waals surface area contributed by atoms with Crippen molar-refractivity contribution in [2.24, 2.45) is 5.73 Å². The van der Waals surface area contributed by atoms with Crippen LogP contribution in [0, 0.1) is 0 Å². The number of nitrogens with zero attached hydrogens (tertiary/aromatic N) is 3. The average molecular weight is 304 g/mol. The van der Waals surface area contributed by atoms with Gasteiger partial charge >= 0.3 is 0 Å². The van der Waals surface area contributed by atoms with Crippen molar-refractivity contribution < 1.29 is 9.32 Å². The third-order valence-corrected chi connectivity index (χ3v) is 5.66. The molecule has 1 amide bonds. The molecule has 1 atom stereocenters. The van der Waals surface area contributed by atoms with Crippen molar-refractivity contribution in [1.82, 2.24) is 15.0 Å². The quantitative estimate of drug-likeness (QED) is 0.923. The van der Waals surface area contributed by atoms with Crippen LogP contribution < -0.4 is 5.73 Å². The molecule has 2 aliphatic carbocycles. The van der Waals surface area contributed by atoms with Crippen LogP contribution in [0.3, 0.4) is 0 Å². The summed E-state index contributed by atoms with van der Waals surface area (Å²) in [5.74, 6) is 1.51. The summed E-state index contributed by atoms with van der Waals surface area (Å²) in [5, 5.41) is 4.12. The predicted molar refractivity (Wildman–Crippen MR) is 80.0 cm³/mol. The van der Waals surface area contributed by atoms with Crippen LogP contribution in [0.4, 0.5) is 0 Å². The third kappa shape index (κ3) is 2.33. The Hall–Kier alpha value is -1.43. The van der Waals surface area contributed by atoms with E-state index in [1.54, 1.807) is 0 Å². The molecule has 1 aliphatic heterocycles. The normalized spacial score (nSPS) is 28.9. The highest BCUT2D eigenvalue weighted by Crippen LogP contribution is 2.37. The van der Waals surface area contributed by atoms with Gasteiger partial charge in [-0.25, -0.2) is 0 Å². The van der Waals surface area contributed by atoms with E-state index in [1.807, 2.05) is 4.90 Å². The molecule has 0 bridgehead atoms. The number of carbonyl (C=O) groups is 1. The second-order valence-electron chi connectivity index (χ2n) is 7.20. The molecule has 22 heavy (non-hydrogen) atoms. The minimum absolute atomic E-state index is 0.0411. The van der Waals surface area contributed by atoms with Crippen LogP contribution in [0.5, 0.6) is 0 Å². The molecule has 1 aromatic rings. The molecule has 1 aromatic heterocycles. The maximum atomic E-state index is 12.3. The monoisotopic (exact) mass is 304 g/mol. The van der Waals surface area contributed by atoms with Gasteiger partial charge in [-0.2, -0.15) is 4.98 Å². The highest BCUT2D eigenvalue weighted by Gasteiger charge is 2.41. The molecule has 3 aliphatic rings. The summed E-state index contributed by atoms with van der Waals surface area (Å²) in [6.07, 6.45) is 9.33. The van der Waals surface area contributed by atoms with E-state index in [0.29, 0.717) is 24.2 Å². The zero-order valence-corrected chi connectivity index (χ0v) is 13.0. The molecule has 0 spiro atoms. The summed E-state index contributed by atoms with van der Waals surface area (Å²) in [6.45, 7) is 0.725. The van der Waals surface area contributed by atoms with Crippen LogP contribution in [-0.4, -0.2) is 33.5 Å². The molecule has 0 radical (unpaired) electrons. The number of likely N-dealkylation sites (tertiary alicyclic amines) is 1. The van der Waals surface area contributed by atoms with Crippen LogP contribution in [0.25, 0.3) is 0 Å². The van der Waals surface area contributed by atoms with E-state index < -0.39 is 5.54 Å². The zero-order valence-electron chi connectivity index (χ0n) is 13.0. The number of amides is 1. The van der Waals surface area contributed by atoms with Gasteiger partial charge in [0.25, 0.3) is 0 Å².